The monoisotopic (exact) mass is 378 g/mol. The number of hydrogen-bond acceptors (Lipinski definition) is 5. The number of nitrogens with one attached hydrogen (secondary N) is 1. The van der Waals surface area contributed by atoms with Gasteiger partial charge < -0.3 is 4.90 Å². The molecule has 8 heteroatoms. The summed E-state index contributed by atoms with van der Waals surface area (Å²) in [5, 5.41) is 6.86. The third-order valence-electron chi connectivity index (χ3n) is 5.14. The number of carbonyl (C=O) groups excluding carboxylic acids is 1. The largest absolute Gasteiger partial charge is 0.337 e. The molecule has 0 saturated carbocycles. The maximum absolute atomic E-state index is 12.5. The van der Waals surface area contributed by atoms with Crippen LogP contribution in [-0.4, -0.2) is 48.6 Å². The number of pyridine rings is 1. The van der Waals surface area contributed by atoms with Gasteiger partial charge in [-0.15, -0.1) is 0 Å². The molecule has 8 nitrogen and oxygen atoms in total. The zero-order valence-corrected chi connectivity index (χ0v) is 15.7. The summed E-state index contributed by atoms with van der Waals surface area (Å²) >= 11 is 0. The van der Waals surface area contributed by atoms with Gasteiger partial charge in [-0.1, -0.05) is 0 Å². The second-order valence-corrected chi connectivity index (χ2v) is 7.17. The molecule has 0 atom stereocenters. The van der Waals surface area contributed by atoms with E-state index in [0.29, 0.717) is 36.9 Å². The van der Waals surface area contributed by atoms with Crippen molar-refractivity contribution in [2.24, 2.45) is 5.92 Å². The van der Waals surface area contributed by atoms with Gasteiger partial charge in [0.05, 0.1) is 12.0 Å². The Morgan fingerprint density at radius 1 is 1.21 bits per heavy atom. The minimum absolute atomic E-state index is 0.0386. The molecule has 28 heavy (non-hydrogen) atoms. The molecule has 1 aliphatic rings. The van der Waals surface area contributed by atoms with E-state index < -0.39 is 0 Å². The fourth-order valence-corrected chi connectivity index (χ4v) is 3.53. The van der Waals surface area contributed by atoms with Crippen LogP contribution < -0.4 is 5.56 Å². The average molecular weight is 378 g/mol. The molecule has 0 unspecified atom stereocenters. The standard InChI is InChI=1S/C20H22N6O2/c1-14-10-18(24-23-14)20(28)25-8-4-15(5-9-25)12-26-13-22-17(11-19(26)27)16-2-6-21-7-3-16/h2-3,6-7,10-11,13,15H,4-5,8-9,12H2,1H3,(H,23,24). The first kappa shape index (κ1) is 18.1. The molecular weight excluding hydrogens is 356 g/mol. The zero-order chi connectivity index (χ0) is 19.5. The van der Waals surface area contributed by atoms with Gasteiger partial charge in [0, 0.05) is 49.4 Å². The molecule has 1 saturated heterocycles. The van der Waals surface area contributed by atoms with Gasteiger partial charge in [0.25, 0.3) is 11.5 Å². The lowest BCUT2D eigenvalue weighted by Gasteiger charge is -2.31. The minimum atomic E-state index is -0.0627. The van der Waals surface area contributed by atoms with Crippen LogP contribution >= 0.6 is 0 Å². The van der Waals surface area contributed by atoms with E-state index in [1.807, 2.05) is 24.0 Å². The predicted octanol–water partition coefficient (Wildman–Crippen LogP) is 1.89. The molecule has 1 N–H and O–H groups in total. The fraction of sp³-hybridized carbons (Fsp3) is 0.350. The second kappa shape index (κ2) is 7.75. The Bertz CT molecular complexity index is 1020. The minimum Gasteiger partial charge on any atom is -0.337 e. The highest BCUT2D eigenvalue weighted by atomic mass is 16.2. The lowest BCUT2D eigenvalue weighted by atomic mass is 9.96. The van der Waals surface area contributed by atoms with Crippen LogP contribution in [0.25, 0.3) is 11.3 Å². The summed E-state index contributed by atoms with van der Waals surface area (Å²) in [5.74, 6) is 0.305. The number of nitrogens with zero attached hydrogens (tertiary/aromatic N) is 5. The predicted molar refractivity (Wildman–Crippen MR) is 104 cm³/mol. The SMILES string of the molecule is Cc1cc(C(=O)N2CCC(Cn3cnc(-c4ccncc4)cc3=O)CC2)n[nH]1. The third kappa shape index (κ3) is 3.85. The van der Waals surface area contributed by atoms with Crippen LogP contribution in [0.15, 0.2) is 47.8 Å². The molecule has 1 amide bonds. The second-order valence-electron chi connectivity index (χ2n) is 7.17. The molecule has 3 aromatic rings. The van der Waals surface area contributed by atoms with E-state index in [9.17, 15) is 9.59 Å². The Morgan fingerprint density at radius 2 is 1.96 bits per heavy atom. The van der Waals surface area contributed by atoms with Crippen LogP contribution in [0.4, 0.5) is 0 Å². The first-order valence-corrected chi connectivity index (χ1v) is 9.38. The van der Waals surface area contributed by atoms with Gasteiger partial charge in [-0.25, -0.2) is 4.98 Å². The Balaban J connectivity index is 1.37. The Labute approximate surface area is 162 Å². The Kier molecular flexibility index (Phi) is 5.01. The number of aromatic amines is 1. The van der Waals surface area contributed by atoms with Crippen molar-refractivity contribution in [2.45, 2.75) is 26.3 Å². The highest BCUT2D eigenvalue weighted by Gasteiger charge is 2.25. The van der Waals surface area contributed by atoms with Crippen molar-refractivity contribution in [3.8, 4) is 11.3 Å². The van der Waals surface area contributed by atoms with Crippen LogP contribution in [0.2, 0.25) is 0 Å². The summed E-state index contributed by atoms with van der Waals surface area (Å²) in [6.07, 6.45) is 6.69. The van der Waals surface area contributed by atoms with Crippen LogP contribution in [0, 0.1) is 12.8 Å². The van der Waals surface area contributed by atoms with Crippen molar-refractivity contribution in [1.82, 2.24) is 29.6 Å². The van der Waals surface area contributed by atoms with Gasteiger partial charge in [0.1, 0.15) is 5.69 Å². The quantitative estimate of drug-likeness (QED) is 0.748. The van der Waals surface area contributed by atoms with E-state index >= 15 is 0 Å². The maximum atomic E-state index is 12.5. The van der Waals surface area contributed by atoms with Crippen molar-refractivity contribution in [3.05, 3.63) is 64.7 Å². The molecular formula is C20H22N6O2. The molecule has 4 heterocycles. The summed E-state index contributed by atoms with van der Waals surface area (Å²) in [6.45, 7) is 3.84. The lowest BCUT2D eigenvalue weighted by molar-refractivity contribution is 0.0676. The van der Waals surface area contributed by atoms with Crippen molar-refractivity contribution in [2.75, 3.05) is 13.1 Å². The van der Waals surface area contributed by atoms with Crippen molar-refractivity contribution >= 4 is 5.91 Å². The summed E-state index contributed by atoms with van der Waals surface area (Å²) in [7, 11) is 0. The maximum Gasteiger partial charge on any atom is 0.274 e. The smallest absolute Gasteiger partial charge is 0.274 e. The van der Waals surface area contributed by atoms with Crippen LogP contribution in [0.1, 0.15) is 29.0 Å². The van der Waals surface area contributed by atoms with Gasteiger partial charge in [0.15, 0.2) is 0 Å². The van der Waals surface area contributed by atoms with Crippen LogP contribution in [-0.2, 0) is 6.54 Å². The van der Waals surface area contributed by atoms with Crippen molar-refractivity contribution in [1.29, 1.82) is 0 Å². The van der Waals surface area contributed by atoms with E-state index in [1.54, 1.807) is 35.4 Å². The molecule has 4 rings (SSSR count). The van der Waals surface area contributed by atoms with Gasteiger partial charge in [-0.3, -0.25) is 24.2 Å². The molecule has 1 aliphatic heterocycles. The Hall–Kier alpha value is -3.29. The van der Waals surface area contributed by atoms with Crippen molar-refractivity contribution < 1.29 is 4.79 Å². The van der Waals surface area contributed by atoms with Gasteiger partial charge >= 0.3 is 0 Å². The molecule has 0 bridgehead atoms. The van der Waals surface area contributed by atoms with Crippen LogP contribution in [0.3, 0.4) is 0 Å². The molecule has 3 aromatic heterocycles. The van der Waals surface area contributed by atoms with E-state index in [4.69, 9.17) is 0 Å². The highest BCUT2D eigenvalue weighted by molar-refractivity contribution is 5.92. The first-order chi connectivity index (χ1) is 13.6. The number of H-pyrrole nitrogens is 1. The van der Waals surface area contributed by atoms with Gasteiger partial charge in [0.2, 0.25) is 0 Å². The third-order valence-corrected chi connectivity index (χ3v) is 5.14. The number of aromatic nitrogens is 5. The zero-order valence-electron chi connectivity index (χ0n) is 15.7. The summed E-state index contributed by atoms with van der Waals surface area (Å²) in [5.41, 5.74) is 2.80. The number of hydrogen-bond donors (Lipinski definition) is 1. The molecule has 1 fully saturated rings. The summed E-state index contributed by atoms with van der Waals surface area (Å²) in [6, 6.07) is 7.00. The number of likely N-dealkylation sites (tertiary alicyclic amines) is 1. The van der Waals surface area contributed by atoms with Crippen LogP contribution in [0.5, 0.6) is 0 Å². The summed E-state index contributed by atoms with van der Waals surface area (Å²) < 4.78 is 1.66. The van der Waals surface area contributed by atoms with Gasteiger partial charge in [-0.2, -0.15) is 5.10 Å². The summed E-state index contributed by atoms with van der Waals surface area (Å²) in [4.78, 5) is 35.2. The topological polar surface area (TPSA) is 96.8 Å². The average Bonchev–Trinajstić information content (AvgIpc) is 3.16. The van der Waals surface area contributed by atoms with E-state index in [0.717, 1.165) is 24.1 Å². The number of piperidine rings is 1. The first-order valence-electron chi connectivity index (χ1n) is 9.38. The fourth-order valence-electron chi connectivity index (χ4n) is 3.53. The highest BCUT2D eigenvalue weighted by Crippen LogP contribution is 2.20. The van der Waals surface area contributed by atoms with Crippen molar-refractivity contribution in [3.63, 3.8) is 0 Å². The van der Waals surface area contributed by atoms with Gasteiger partial charge in [-0.05, 0) is 43.9 Å². The molecule has 0 spiro atoms. The Morgan fingerprint density at radius 3 is 2.61 bits per heavy atom. The number of aryl methyl sites for hydroxylation is 1. The number of rotatable bonds is 4. The molecule has 0 aliphatic carbocycles. The lowest BCUT2D eigenvalue weighted by Crippen LogP contribution is -2.40. The molecule has 144 valence electrons. The number of amides is 1. The number of carbonyl (C=O) groups is 1. The normalized spacial score (nSPS) is 15.0. The van der Waals surface area contributed by atoms with E-state index in [1.165, 1.54) is 0 Å². The molecule has 0 aromatic carbocycles. The molecule has 0 radical (unpaired) electrons. The van der Waals surface area contributed by atoms with E-state index in [2.05, 4.69) is 20.2 Å². The van der Waals surface area contributed by atoms with E-state index in [-0.39, 0.29) is 11.5 Å².